The van der Waals surface area contributed by atoms with E-state index in [4.69, 9.17) is 16.3 Å². The molecule has 0 radical (unpaired) electrons. The quantitative estimate of drug-likeness (QED) is 0.335. The molecule has 8 heteroatoms. The summed E-state index contributed by atoms with van der Waals surface area (Å²) in [5, 5.41) is 1.29. The van der Waals surface area contributed by atoms with E-state index in [1.807, 2.05) is 54.6 Å². The molecule has 30 heavy (non-hydrogen) atoms. The second-order valence-electron chi connectivity index (χ2n) is 6.37. The van der Waals surface area contributed by atoms with Crippen molar-refractivity contribution in [2.45, 2.75) is 11.4 Å². The second-order valence-corrected chi connectivity index (χ2v) is 8.87. The number of carbonyl (C=O) groups excluding carboxylic acids is 1. The average molecular weight is 456 g/mol. The Morgan fingerprint density at radius 2 is 2.00 bits per heavy atom. The maximum absolute atomic E-state index is 13.2. The van der Waals surface area contributed by atoms with Crippen molar-refractivity contribution in [3.8, 4) is 5.75 Å². The van der Waals surface area contributed by atoms with Gasteiger partial charge in [-0.15, -0.1) is 11.8 Å². The molecule has 0 bridgehead atoms. The van der Waals surface area contributed by atoms with Gasteiger partial charge in [-0.25, -0.2) is 4.98 Å². The fraction of sp³-hybridized carbons (Fsp3) is 0.136. The molecule has 0 saturated heterocycles. The number of methoxy groups -OCH3 is 1. The number of thioether (sulfide) groups is 1. The number of nitrogens with zero attached hydrogens (tertiary/aromatic N) is 3. The maximum Gasteiger partial charge on any atom is 0.239 e. The number of fused-ring (bicyclic) bond motifs is 1. The van der Waals surface area contributed by atoms with Crippen molar-refractivity contribution < 1.29 is 9.53 Å². The van der Waals surface area contributed by atoms with Crippen molar-refractivity contribution in [3.05, 3.63) is 77.6 Å². The SMILES string of the molecule is COc1ccc(SCC(=O)N(Cc2ccccn2)c2nc3ccc(Cl)cc3s2)cc1. The first-order valence-electron chi connectivity index (χ1n) is 9.15. The summed E-state index contributed by atoms with van der Waals surface area (Å²) in [6.45, 7) is 0.358. The van der Waals surface area contributed by atoms with Crippen LogP contribution in [-0.4, -0.2) is 28.7 Å². The van der Waals surface area contributed by atoms with Crippen LogP contribution in [0.4, 0.5) is 5.13 Å². The lowest BCUT2D eigenvalue weighted by atomic mass is 10.3. The molecule has 0 aliphatic heterocycles. The number of halogens is 1. The van der Waals surface area contributed by atoms with E-state index >= 15 is 0 Å². The van der Waals surface area contributed by atoms with Gasteiger partial charge in [-0.2, -0.15) is 0 Å². The van der Waals surface area contributed by atoms with Gasteiger partial charge in [-0.3, -0.25) is 14.7 Å². The Labute approximate surface area is 187 Å². The number of benzene rings is 2. The van der Waals surface area contributed by atoms with Crippen molar-refractivity contribution in [2.75, 3.05) is 17.8 Å². The van der Waals surface area contributed by atoms with E-state index in [2.05, 4.69) is 9.97 Å². The van der Waals surface area contributed by atoms with Gasteiger partial charge in [-0.1, -0.05) is 29.0 Å². The third-order valence-corrected chi connectivity index (χ3v) is 6.61. The van der Waals surface area contributed by atoms with E-state index in [0.717, 1.165) is 26.6 Å². The van der Waals surface area contributed by atoms with Gasteiger partial charge >= 0.3 is 0 Å². The summed E-state index contributed by atoms with van der Waals surface area (Å²) >= 11 is 9.04. The number of ether oxygens (including phenoxy) is 1. The zero-order valence-electron chi connectivity index (χ0n) is 16.1. The van der Waals surface area contributed by atoms with Gasteiger partial charge in [0, 0.05) is 16.1 Å². The smallest absolute Gasteiger partial charge is 0.239 e. The van der Waals surface area contributed by atoms with Gasteiger partial charge in [0.05, 0.1) is 35.3 Å². The summed E-state index contributed by atoms with van der Waals surface area (Å²) in [6.07, 6.45) is 1.72. The molecule has 0 atom stereocenters. The number of amides is 1. The van der Waals surface area contributed by atoms with Crippen LogP contribution in [0.1, 0.15) is 5.69 Å². The Morgan fingerprint density at radius 1 is 1.17 bits per heavy atom. The minimum Gasteiger partial charge on any atom is -0.497 e. The standard InChI is InChI=1S/C22H18ClN3O2S2/c1-28-17-6-8-18(9-7-17)29-14-21(27)26(13-16-4-2-3-11-24-16)22-25-19-10-5-15(23)12-20(19)30-22/h2-12H,13-14H2,1H3. The van der Waals surface area contributed by atoms with E-state index < -0.39 is 0 Å². The summed E-state index contributed by atoms with van der Waals surface area (Å²) in [6, 6.07) is 18.9. The summed E-state index contributed by atoms with van der Waals surface area (Å²) in [5.74, 6) is 1.04. The van der Waals surface area contributed by atoms with Crippen molar-refractivity contribution in [1.82, 2.24) is 9.97 Å². The number of aromatic nitrogens is 2. The predicted molar refractivity (Wildman–Crippen MR) is 124 cm³/mol. The minimum absolute atomic E-state index is 0.0355. The van der Waals surface area contributed by atoms with Crippen molar-refractivity contribution in [2.24, 2.45) is 0 Å². The van der Waals surface area contributed by atoms with Crippen molar-refractivity contribution in [3.63, 3.8) is 0 Å². The summed E-state index contributed by atoms with van der Waals surface area (Å²) in [7, 11) is 1.63. The molecule has 0 aliphatic rings. The normalized spacial score (nSPS) is 10.9. The van der Waals surface area contributed by atoms with Gasteiger partial charge in [0.2, 0.25) is 5.91 Å². The van der Waals surface area contributed by atoms with Gasteiger partial charge in [0.1, 0.15) is 5.75 Å². The number of hydrogen-bond donors (Lipinski definition) is 0. The fourth-order valence-corrected chi connectivity index (χ4v) is 4.85. The molecule has 152 valence electrons. The van der Waals surface area contributed by atoms with Crippen LogP contribution in [0.25, 0.3) is 10.2 Å². The highest BCUT2D eigenvalue weighted by atomic mass is 35.5. The van der Waals surface area contributed by atoms with Crippen LogP contribution in [-0.2, 0) is 11.3 Å². The Balaban J connectivity index is 1.57. The van der Waals surface area contributed by atoms with Crippen LogP contribution in [0.15, 0.2) is 71.8 Å². The van der Waals surface area contributed by atoms with Crippen molar-refractivity contribution in [1.29, 1.82) is 0 Å². The zero-order valence-corrected chi connectivity index (χ0v) is 18.5. The number of thiazole rings is 1. The molecule has 0 unspecified atom stereocenters. The van der Waals surface area contributed by atoms with E-state index in [1.54, 1.807) is 24.3 Å². The molecule has 2 aromatic carbocycles. The molecule has 4 aromatic rings. The second kappa shape index (κ2) is 9.47. The summed E-state index contributed by atoms with van der Waals surface area (Å²) < 4.78 is 6.13. The number of anilines is 1. The Hall–Kier alpha value is -2.61. The van der Waals surface area contributed by atoms with Crippen LogP contribution in [0, 0.1) is 0 Å². The maximum atomic E-state index is 13.2. The third kappa shape index (κ3) is 4.92. The Bertz CT molecular complexity index is 1150. The number of rotatable bonds is 7. The zero-order chi connectivity index (χ0) is 20.9. The van der Waals surface area contributed by atoms with Gasteiger partial charge in [-0.05, 0) is 54.6 Å². The highest BCUT2D eigenvalue weighted by molar-refractivity contribution is 8.00. The van der Waals surface area contributed by atoms with E-state index in [1.165, 1.54) is 23.1 Å². The summed E-state index contributed by atoms with van der Waals surface area (Å²) in [4.78, 5) is 24.9. The Morgan fingerprint density at radius 3 is 2.73 bits per heavy atom. The molecule has 0 saturated carbocycles. The molecular weight excluding hydrogens is 438 g/mol. The van der Waals surface area contributed by atoms with Crippen LogP contribution in [0.5, 0.6) is 5.75 Å². The molecule has 0 spiro atoms. The van der Waals surface area contributed by atoms with E-state index in [-0.39, 0.29) is 11.7 Å². The van der Waals surface area contributed by atoms with Crippen LogP contribution in [0.2, 0.25) is 5.02 Å². The third-order valence-electron chi connectivity index (χ3n) is 4.34. The molecule has 4 rings (SSSR count). The molecule has 0 fully saturated rings. The molecule has 0 N–H and O–H groups in total. The number of pyridine rings is 1. The molecule has 1 amide bonds. The highest BCUT2D eigenvalue weighted by Crippen LogP contribution is 2.32. The molecule has 5 nitrogen and oxygen atoms in total. The predicted octanol–water partition coefficient (Wildman–Crippen LogP) is 5.68. The topological polar surface area (TPSA) is 55.3 Å². The largest absolute Gasteiger partial charge is 0.497 e. The minimum atomic E-state index is -0.0355. The summed E-state index contributed by atoms with van der Waals surface area (Å²) in [5.41, 5.74) is 1.62. The first-order valence-corrected chi connectivity index (χ1v) is 11.3. The fourth-order valence-electron chi connectivity index (χ4n) is 2.81. The van der Waals surface area contributed by atoms with Gasteiger partial charge in [0.15, 0.2) is 5.13 Å². The average Bonchev–Trinajstić information content (AvgIpc) is 3.19. The Kier molecular flexibility index (Phi) is 6.52. The first kappa shape index (κ1) is 20.7. The molecule has 0 aliphatic carbocycles. The lowest BCUT2D eigenvalue weighted by Crippen LogP contribution is -2.32. The van der Waals surface area contributed by atoms with E-state index in [9.17, 15) is 4.79 Å². The lowest BCUT2D eigenvalue weighted by Gasteiger charge is -2.19. The van der Waals surface area contributed by atoms with Crippen LogP contribution >= 0.6 is 34.7 Å². The monoisotopic (exact) mass is 455 g/mol. The lowest BCUT2D eigenvalue weighted by molar-refractivity contribution is -0.116. The van der Waals surface area contributed by atoms with Crippen LogP contribution < -0.4 is 9.64 Å². The first-order chi connectivity index (χ1) is 14.6. The number of hydrogen-bond acceptors (Lipinski definition) is 6. The number of carbonyl (C=O) groups is 1. The van der Waals surface area contributed by atoms with Crippen LogP contribution in [0.3, 0.4) is 0 Å². The van der Waals surface area contributed by atoms with Crippen molar-refractivity contribution >= 4 is 56.0 Å². The van der Waals surface area contributed by atoms with Gasteiger partial charge in [0.25, 0.3) is 0 Å². The molecular formula is C22H18ClN3O2S2. The molecule has 2 heterocycles. The highest BCUT2D eigenvalue weighted by Gasteiger charge is 2.21. The van der Waals surface area contributed by atoms with Gasteiger partial charge < -0.3 is 4.74 Å². The molecule has 2 aromatic heterocycles. The van der Waals surface area contributed by atoms with E-state index in [0.29, 0.717) is 16.7 Å².